The van der Waals surface area contributed by atoms with Gasteiger partial charge in [0.2, 0.25) is 5.91 Å². The number of nitrogens with one attached hydrogen (secondary N) is 3. The maximum atomic E-state index is 13.8. The number of anilines is 2. The molecule has 0 saturated heterocycles. The molecule has 4 aliphatic rings. The fraction of sp³-hybridized carbons (Fsp3) is 0.622. The second-order valence-electron chi connectivity index (χ2n) is 17.7. The van der Waals surface area contributed by atoms with Crippen LogP contribution in [0.4, 0.5) is 21.0 Å². The second kappa shape index (κ2) is 15.9. The molecule has 0 bridgehead atoms. The van der Waals surface area contributed by atoms with Crippen LogP contribution in [0.1, 0.15) is 107 Å². The molecule has 10 atom stereocenters. The minimum atomic E-state index is -0.384. The molecule has 288 valence electrons. The van der Waals surface area contributed by atoms with Crippen molar-refractivity contribution in [1.82, 2.24) is 5.32 Å². The molecule has 0 unspecified atom stereocenters. The lowest BCUT2D eigenvalue weighted by Crippen LogP contribution is -2.60. The zero-order valence-electron chi connectivity index (χ0n) is 33.2. The van der Waals surface area contributed by atoms with Crippen molar-refractivity contribution in [2.24, 2.45) is 46.3 Å². The Hall–Kier alpha value is -3.81. The van der Waals surface area contributed by atoms with E-state index in [1.54, 1.807) is 6.08 Å². The average Bonchev–Trinajstić information content (AvgIpc) is 3.44. The van der Waals surface area contributed by atoms with Crippen LogP contribution < -0.4 is 16.0 Å². The maximum Gasteiger partial charge on any atom is 0.411 e. The van der Waals surface area contributed by atoms with E-state index in [4.69, 9.17) is 9.47 Å². The Labute approximate surface area is 317 Å². The molecule has 4 saturated carbocycles. The Balaban J connectivity index is 1.20. The lowest BCUT2D eigenvalue weighted by molar-refractivity contribution is -0.174. The molecular formula is C45H63N3O5. The summed E-state index contributed by atoms with van der Waals surface area (Å²) in [5.74, 6) is 2.59. The Morgan fingerprint density at radius 3 is 2.02 bits per heavy atom. The number of fused-ring (bicyclic) bond motifs is 5. The van der Waals surface area contributed by atoms with Gasteiger partial charge in [-0.1, -0.05) is 39.0 Å². The van der Waals surface area contributed by atoms with Gasteiger partial charge in [-0.05, 0) is 173 Å². The van der Waals surface area contributed by atoms with Gasteiger partial charge < -0.3 is 14.8 Å². The minimum absolute atomic E-state index is 0.0642. The smallest absolute Gasteiger partial charge is 0.411 e. The van der Waals surface area contributed by atoms with Crippen molar-refractivity contribution in [3.8, 4) is 0 Å². The summed E-state index contributed by atoms with van der Waals surface area (Å²) in [6.45, 7) is 19.5. The van der Waals surface area contributed by atoms with Crippen LogP contribution in [0.15, 0.2) is 49.1 Å². The van der Waals surface area contributed by atoms with E-state index >= 15 is 0 Å². The summed E-state index contributed by atoms with van der Waals surface area (Å²) in [4.78, 5) is 39.5. The molecule has 0 aromatic heterocycles. The summed E-state index contributed by atoms with van der Waals surface area (Å²) < 4.78 is 12.7. The number of carbonyl (C=O) groups is 3. The minimum Gasteiger partial charge on any atom is -0.446 e. The number of amides is 3. The first-order valence-corrected chi connectivity index (χ1v) is 20.2. The Morgan fingerprint density at radius 1 is 0.811 bits per heavy atom. The summed E-state index contributed by atoms with van der Waals surface area (Å²) in [5, 5.41) is 8.99. The standard InChI is InChI=1S/C45H63N3O5/c1-9-18-46-41(49)15-10-31(6)37-13-14-38-36-12-11-32-25-35(52-42(50)47-33-21-27(2)19-28(3)22-33)16-17-44(32,7)39(36)26-40(45(37,38)8)53-43(51)48-34-23-29(4)20-30(5)24-34/h9,19-24,31-32,35-40H,1,10-18,25-26H2,2-8H3,(H,46,49)(H,47,50)(H,48,51)/t31-,32-,35-,36+,37-,38+,39+,40+,44+,45-/m1/s1. The van der Waals surface area contributed by atoms with Crippen molar-refractivity contribution >= 4 is 29.5 Å². The predicted octanol–water partition coefficient (Wildman–Crippen LogP) is 10.4. The first-order chi connectivity index (χ1) is 25.2. The molecule has 8 nitrogen and oxygen atoms in total. The number of hydrogen-bond donors (Lipinski definition) is 3. The van der Waals surface area contributed by atoms with Crippen LogP contribution in [0.25, 0.3) is 0 Å². The highest BCUT2D eigenvalue weighted by atomic mass is 16.6. The number of hydrogen-bond acceptors (Lipinski definition) is 5. The molecule has 0 spiro atoms. The molecule has 3 N–H and O–H groups in total. The summed E-state index contributed by atoms with van der Waals surface area (Å²) in [6.07, 6.45) is 9.93. The summed E-state index contributed by atoms with van der Waals surface area (Å²) in [5.41, 5.74) is 5.82. The van der Waals surface area contributed by atoms with Crippen molar-refractivity contribution in [2.45, 2.75) is 125 Å². The van der Waals surface area contributed by atoms with Crippen LogP contribution >= 0.6 is 0 Å². The zero-order chi connectivity index (χ0) is 38.1. The molecule has 3 amide bonds. The first-order valence-electron chi connectivity index (χ1n) is 20.2. The van der Waals surface area contributed by atoms with Gasteiger partial charge in [0.05, 0.1) is 0 Å². The van der Waals surface area contributed by atoms with Crippen molar-refractivity contribution < 1.29 is 23.9 Å². The quantitative estimate of drug-likeness (QED) is 0.212. The van der Waals surface area contributed by atoms with Crippen molar-refractivity contribution in [2.75, 3.05) is 17.2 Å². The van der Waals surface area contributed by atoms with Gasteiger partial charge in [-0.25, -0.2) is 9.59 Å². The first kappa shape index (κ1) is 38.9. The van der Waals surface area contributed by atoms with E-state index in [0.29, 0.717) is 48.5 Å². The van der Waals surface area contributed by atoms with Gasteiger partial charge in [0.25, 0.3) is 0 Å². The molecule has 0 radical (unpaired) electrons. The van der Waals surface area contributed by atoms with Gasteiger partial charge in [-0.2, -0.15) is 0 Å². The number of ether oxygens (including phenoxy) is 2. The maximum absolute atomic E-state index is 13.8. The fourth-order valence-electron chi connectivity index (χ4n) is 11.9. The monoisotopic (exact) mass is 725 g/mol. The van der Waals surface area contributed by atoms with Gasteiger partial charge in [0.1, 0.15) is 12.2 Å². The van der Waals surface area contributed by atoms with Crippen LogP contribution in [-0.4, -0.2) is 36.8 Å². The summed E-state index contributed by atoms with van der Waals surface area (Å²) in [6, 6.07) is 12.1. The third kappa shape index (κ3) is 8.32. The van der Waals surface area contributed by atoms with Crippen molar-refractivity contribution in [1.29, 1.82) is 0 Å². The van der Waals surface area contributed by atoms with Gasteiger partial charge in [0.15, 0.2) is 0 Å². The molecule has 0 aliphatic heterocycles. The lowest BCUT2D eigenvalue weighted by Gasteiger charge is -2.62. The molecule has 4 aliphatic carbocycles. The molecule has 6 rings (SSSR count). The Kier molecular flexibility index (Phi) is 11.7. The largest absolute Gasteiger partial charge is 0.446 e. The van der Waals surface area contributed by atoms with E-state index in [1.165, 1.54) is 0 Å². The molecular weight excluding hydrogens is 663 g/mol. The SMILES string of the molecule is C=CCNC(=O)CC[C@@H](C)[C@H]1CC[C@H]2[C@@H]3CC[C@@H]4C[C@H](OC(=O)Nc5cc(C)cc(C)c5)CC[C@]4(C)[C@H]3C[C@H](OC(=O)Nc3cc(C)cc(C)c3)[C@]12C. The lowest BCUT2D eigenvalue weighted by atomic mass is 9.43. The predicted molar refractivity (Wildman–Crippen MR) is 212 cm³/mol. The number of benzene rings is 2. The molecule has 53 heavy (non-hydrogen) atoms. The highest BCUT2D eigenvalue weighted by Gasteiger charge is 2.65. The topological polar surface area (TPSA) is 106 Å². The van der Waals surface area contributed by atoms with Gasteiger partial charge in [0, 0.05) is 29.8 Å². The molecule has 2 aromatic rings. The third-order valence-corrected chi connectivity index (χ3v) is 14.2. The van der Waals surface area contributed by atoms with Crippen LogP contribution in [-0.2, 0) is 14.3 Å². The van der Waals surface area contributed by atoms with E-state index in [9.17, 15) is 14.4 Å². The highest BCUT2D eigenvalue weighted by Crippen LogP contribution is 2.69. The third-order valence-electron chi connectivity index (χ3n) is 14.2. The van der Waals surface area contributed by atoms with Crippen molar-refractivity contribution in [3.05, 3.63) is 71.3 Å². The van der Waals surface area contributed by atoms with Crippen LogP contribution in [0.3, 0.4) is 0 Å². The van der Waals surface area contributed by atoms with Gasteiger partial charge in [-0.3, -0.25) is 15.4 Å². The van der Waals surface area contributed by atoms with E-state index in [-0.39, 0.29) is 41.1 Å². The Bertz CT molecular complexity index is 1650. The number of carbonyl (C=O) groups excluding carboxylic acids is 3. The van der Waals surface area contributed by atoms with E-state index in [0.717, 1.165) is 91.4 Å². The van der Waals surface area contributed by atoms with Gasteiger partial charge in [-0.15, -0.1) is 6.58 Å². The van der Waals surface area contributed by atoms with Gasteiger partial charge >= 0.3 is 12.2 Å². The van der Waals surface area contributed by atoms with E-state index in [2.05, 4.69) is 55.4 Å². The Morgan fingerprint density at radius 2 is 1.42 bits per heavy atom. The fourth-order valence-corrected chi connectivity index (χ4v) is 11.9. The summed E-state index contributed by atoms with van der Waals surface area (Å²) >= 11 is 0. The van der Waals surface area contributed by atoms with Crippen molar-refractivity contribution in [3.63, 3.8) is 0 Å². The van der Waals surface area contributed by atoms with Crippen LogP contribution in [0, 0.1) is 74.0 Å². The van der Waals surface area contributed by atoms with Crippen LogP contribution in [0.2, 0.25) is 0 Å². The zero-order valence-corrected chi connectivity index (χ0v) is 33.2. The van der Waals surface area contributed by atoms with E-state index in [1.807, 2.05) is 52.0 Å². The second-order valence-corrected chi connectivity index (χ2v) is 17.7. The molecule has 2 aromatic carbocycles. The highest BCUT2D eigenvalue weighted by molar-refractivity contribution is 5.85. The average molecular weight is 726 g/mol. The van der Waals surface area contributed by atoms with Crippen LogP contribution in [0.5, 0.6) is 0 Å². The molecule has 0 heterocycles. The summed E-state index contributed by atoms with van der Waals surface area (Å²) in [7, 11) is 0. The van der Waals surface area contributed by atoms with E-state index < -0.39 is 0 Å². The molecule has 8 heteroatoms. The normalized spacial score (nSPS) is 32.2. The number of rotatable bonds is 10. The molecule has 4 fully saturated rings. The number of aryl methyl sites for hydroxylation is 4.